The van der Waals surface area contributed by atoms with Crippen LogP contribution in [-0.2, 0) is 23.1 Å². The SMILES string of the molecule is C[S@@](=O)Cc1cc(NCc2ccc(C#N)o2)ccc1Cl. The van der Waals surface area contributed by atoms with Gasteiger partial charge in [-0.25, -0.2) is 0 Å². The lowest BCUT2D eigenvalue weighted by Crippen LogP contribution is -2.00. The fourth-order valence-electron chi connectivity index (χ4n) is 1.74. The summed E-state index contributed by atoms with van der Waals surface area (Å²) in [5, 5.41) is 12.5. The van der Waals surface area contributed by atoms with E-state index in [-0.39, 0.29) is 0 Å². The van der Waals surface area contributed by atoms with Crippen LogP contribution in [-0.4, -0.2) is 10.5 Å². The minimum atomic E-state index is -0.940. The highest BCUT2D eigenvalue weighted by atomic mass is 35.5. The third kappa shape index (κ3) is 3.86. The number of benzene rings is 1. The highest BCUT2D eigenvalue weighted by Crippen LogP contribution is 2.22. The molecule has 0 saturated carbocycles. The molecule has 0 unspecified atom stereocenters. The highest BCUT2D eigenvalue weighted by molar-refractivity contribution is 7.83. The Bertz CT molecular complexity index is 676. The van der Waals surface area contributed by atoms with Crippen LogP contribution in [0.15, 0.2) is 34.7 Å². The van der Waals surface area contributed by atoms with Gasteiger partial charge in [-0.1, -0.05) is 11.6 Å². The van der Waals surface area contributed by atoms with Crippen LogP contribution in [0.1, 0.15) is 17.1 Å². The summed E-state index contributed by atoms with van der Waals surface area (Å²) in [5.41, 5.74) is 1.71. The molecule has 1 N–H and O–H groups in total. The van der Waals surface area contributed by atoms with Gasteiger partial charge >= 0.3 is 0 Å². The molecule has 0 aliphatic carbocycles. The van der Waals surface area contributed by atoms with Gasteiger partial charge in [0, 0.05) is 33.5 Å². The maximum Gasteiger partial charge on any atom is 0.203 e. The fraction of sp³-hybridized carbons (Fsp3) is 0.214. The van der Waals surface area contributed by atoms with Crippen molar-refractivity contribution < 1.29 is 8.63 Å². The number of halogens is 1. The Morgan fingerprint density at radius 3 is 2.85 bits per heavy atom. The van der Waals surface area contributed by atoms with Gasteiger partial charge in [-0.3, -0.25) is 4.21 Å². The number of rotatable bonds is 5. The van der Waals surface area contributed by atoms with E-state index >= 15 is 0 Å². The first kappa shape index (κ1) is 14.6. The van der Waals surface area contributed by atoms with Crippen LogP contribution >= 0.6 is 11.6 Å². The molecule has 0 spiro atoms. The Kier molecular flexibility index (Phi) is 4.83. The number of hydrogen-bond acceptors (Lipinski definition) is 4. The van der Waals surface area contributed by atoms with Crippen molar-refractivity contribution in [3.05, 3.63) is 52.4 Å². The molecule has 0 radical (unpaired) electrons. The molecule has 1 aromatic carbocycles. The molecule has 20 heavy (non-hydrogen) atoms. The summed E-state index contributed by atoms with van der Waals surface area (Å²) in [6.45, 7) is 0.470. The van der Waals surface area contributed by atoms with Crippen LogP contribution in [0.3, 0.4) is 0 Å². The molecule has 2 aromatic rings. The van der Waals surface area contributed by atoms with Gasteiger partial charge in [-0.15, -0.1) is 0 Å². The van der Waals surface area contributed by atoms with E-state index < -0.39 is 10.8 Å². The van der Waals surface area contributed by atoms with Gasteiger partial charge in [-0.05, 0) is 35.9 Å². The summed E-state index contributed by atoms with van der Waals surface area (Å²) in [4.78, 5) is 0. The smallest absolute Gasteiger partial charge is 0.203 e. The van der Waals surface area contributed by atoms with Crippen molar-refractivity contribution in [2.75, 3.05) is 11.6 Å². The summed E-state index contributed by atoms with van der Waals surface area (Å²) in [6, 6.07) is 10.8. The predicted octanol–water partition coefficient (Wildman–Crippen LogP) is 3.30. The minimum absolute atomic E-state index is 0.292. The van der Waals surface area contributed by atoms with Crippen LogP contribution in [0.5, 0.6) is 0 Å². The van der Waals surface area contributed by atoms with E-state index in [0.717, 1.165) is 11.3 Å². The standard InChI is InChI=1S/C14H13ClN2O2S/c1-20(18)9-10-6-11(2-5-14(10)15)17-8-13-4-3-12(7-16)19-13/h2-6,17H,8-9H2,1H3/t20-/m1/s1. The Labute approximate surface area is 124 Å². The minimum Gasteiger partial charge on any atom is -0.449 e. The van der Waals surface area contributed by atoms with Crippen LogP contribution in [0.4, 0.5) is 5.69 Å². The quantitative estimate of drug-likeness (QED) is 0.920. The largest absolute Gasteiger partial charge is 0.449 e. The van der Waals surface area contributed by atoms with Crippen molar-refractivity contribution in [2.24, 2.45) is 0 Å². The Hall–Kier alpha value is -1.77. The van der Waals surface area contributed by atoms with Crippen molar-refractivity contribution in [2.45, 2.75) is 12.3 Å². The topological polar surface area (TPSA) is 66.0 Å². The number of anilines is 1. The van der Waals surface area contributed by atoms with Gasteiger partial charge in [0.15, 0.2) is 0 Å². The second-order valence-electron chi connectivity index (χ2n) is 4.26. The molecular weight excluding hydrogens is 296 g/mol. The average Bonchev–Trinajstić information content (AvgIpc) is 2.87. The molecule has 0 bridgehead atoms. The zero-order valence-electron chi connectivity index (χ0n) is 10.9. The van der Waals surface area contributed by atoms with Gasteiger partial charge in [0.05, 0.1) is 6.54 Å². The van der Waals surface area contributed by atoms with Gasteiger partial charge in [-0.2, -0.15) is 5.26 Å². The van der Waals surface area contributed by atoms with Gasteiger partial charge < -0.3 is 9.73 Å². The number of hydrogen-bond donors (Lipinski definition) is 1. The Morgan fingerprint density at radius 1 is 1.40 bits per heavy atom. The molecule has 6 heteroatoms. The van der Waals surface area contributed by atoms with E-state index in [0.29, 0.717) is 28.8 Å². The molecule has 0 fully saturated rings. The summed E-state index contributed by atoms with van der Waals surface area (Å²) in [6.07, 6.45) is 1.64. The molecule has 2 rings (SSSR count). The average molecular weight is 309 g/mol. The van der Waals surface area contributed by atoms with Gasteiger partial charge in [0.25, 0.3) is 0 Å². The van der Waals surface area contributed by atoms with Crippen molar-refractivity contribution in [3.8, 4) is 6.07 Å². The van der Waals surface area contributed by atoms with E-state index in [2.05, 4.69) is 5.32 Å². The third-order valence-corrected chi connectivity index (χ3v) is 3.73. The summed E-state index contributed by atoms with van der Waals surface area (Å²) < 4.78 is 16.6. The first-order valence-electron chi connectivity index (χ1n) is 5.89. The Morgan fingerprint density at radius 2 is 2.20 bits per heavy atom. The monoisotopic (exact) mass is 308 g/mol. The zero-order valence-corrected chi connectivity index (χ0v) is 12.4. The highest BCUT2D eigenvalue weighted by Gasteiger charge is 2.05. The van der Waals surface area contributed by atoms with E-state index in [4.69, 9.17) is 21.3 Å². The number of nitrogens with zero attached hydrogens (tertiary/aromatic N) is 1. The number of furan rings is 1. The third-order valence-electron chi connectivity index (χ3n) is 2.64. The fourth-order valence-corrected chi connectivity index (χ4v) is 2.68. The van der Waals surface area contributed by atoms with Gasteiger partial charge in [0.1, 0.15) is 11.8 Å². The van der Waals surface area contributed by atoms with Gasteiger partial charge in [0.2, 0.25) is 5.76 Å². The van der Waals surface area contributed by atoms with Crippen LogP contribution in [0.25, 0.3) is 0 Å². The lowest BCUT2D eigenvalue weighted by atomic mass is 10.2. The normalized spacial score (nSPS) is 11.8. The second-order valence-corrected chi connectivity index (χ2v) is 6.10. The van der Waals surface area contributed by atoms with E-state index in [1.165, 1.54) is 0 Å². The molecule has 0 aliphatic heterocycles. The summed E-state index contributed by atoms with van der Waals surface area (Å²) in [7, 11) is -0.940. The molecular formula is C14H13ClN2O2S. The van der Waals surface area contributed by atoms with E-state index in [1.807, 2.05) is 18.2 Å². The predicted molar refractivity (Wildman–Crippen MR) is 80.0 cm³/mol. The summed E-state index contributed by atoms with van der Waals surface area (Å²) >= 11 is 6.06. The Balaban J connectivity index is 2.06. The lowest BCUT2D eigenvalue weighted by Gasteiger charge is -2.08. The maximum atomic E-state index is 11.3. The van der Waals surface area contributed by atoms with Crippen LogP contribution in [0.2, 0.25) is 5.02 Å². The first-order valence-corrected chi connectivity index (χ1v) is 8.00. The van der Waals surface area contributed by atoms with Crippen LogP contribution in [0, 0.1) is 11.3 Å². The zero-order chi connectivity index (χ0) is 14.5. The van der Waals surface area contributed by atoms with Crippen molar-refractivity contribution in [1.29, 1.82) is 5.26 Å². The van der Waals surface area contributed by atoms with E-state index in [9.17, 15) is 4.21 Å². The van der Waals surface area contributed by atoms with Crippen LogP contribution < -0.4 is 5.32 Å². The first-order chi connectivity index (χ1) is 9.58. The summed E-state index contributed by atoms with van der Waals surface area (Å²) in [5.74, 6) is 1.39. The number of nitriles is 1. The number of nitrogens with one attached hydrogen (secondary N) is 1. The molecule has 1 aromatic heterocycles. The van der Waals surface area contributed by atoms with Crippen molar-refractivity contribution >= 4 is 28.1 Å². The van der Waals surface area contributed by atoms with E-state index in [1.54, 1.807) is 24.5 Å². The molecule has 0 aliphatic rings. The maximum absolute atomic E-state index is 11.3. The molecule has 0 saturated heterocycles. The van der Waals surface area contributed by atoms with Crippen molar-refractivity contribution in [3.63, 3.8) is 0 Å². The van der Waals surface area contributed by atoms with Crippen molar-refractivity contribution in [1.82, 2.24) is 0 Å². The molecule has 104 valence electrons. The molecule has 4 nitrogen and oxygen atoms in total. The molecule has 0 amide bonds. The second kappa shape index (κ2) is 6.60. The lowest BCUT2D eigenvalue weighted by molar-refractivity contribution is 0.506. The molecule has 1 atom stereocenters. The molecule has 1 heterocycles.